The monoisotopic (exact) mass is 281 g/mol. The lowest BCUT2D eigenvalue weighted by molar-refractivity contribution is -0.119. The quantitative estimate of drug-likeness (QED) is 0.720. The molecule has 1 heterocycles. The number of hydrogen-bond donors (Lipinski definition) is 3. The van der Waals surface area contributed by atoms with Gasteiger partial charge in [-0.2, -0.15) is 0 Å². The Labute approximate surface area is 117 Å². The van der Waals surface area contributed by atoms with Gasteiger partial charge < -0.3 is 25.0 Å². The Morgan fingerprint density at radius 3 is 2.45 bits per heavy atom. The lowest BCUT2D eigenvalue weighted by atomic mass is 10.0. The number of rotatable bonds is 5. The van der Waals surface area contributed by atoms with Crippen LogP contribution in [0.25, 0.3) is 0 Å². The van der Waals surface area contributed by atoms with Crippen LogP contribution >= 0.6 is 0 Å². The van der Waals surface area contributed by atoms with E-state index in [1.165, 1.54) is 6.92 Å². The molecule has 1 amide bonds. The molecular weight excluding hydrogens is 262 g/mol. The maximum Gasteiger partial charge on any atom is 0.216 e. The molecule has 2 rings (SSSR count). The molecule has 0 radical (unpaired) electrons. The molecule has 1 aliphatic rings. The van der Waals surface area contributed by atoms with Crippen molar-refractivity contribution in [2.75, 3.05) is 19.8 Å². The van der Waals surface area contributed by atoms with E-state index in [0.717, 1.165) is 5.56 Å². The molecule has 1 aromatic rings. The third-order valence-electron chi connectivity index (χ3n) is 3.10. The van der Waals surface area contributed by atoms with Crippen LogP contribution in [0.15, 0.2) is 24.3 Å². The molecule has 0 bridgehead atoms. The largest absolute Gasteiger partial charge is 0.388 e. The highest BCUT2D eigenvalue weighted by Gasteiger charge is 2.21. The highest BCUT2D eigenvalue weighted by molar-refractivity contribution is 5.72. The normalized spacial score (nSPS) is 18.8. The van der Waals surface area contributed by atoms with E-state index in [0.29, 0.717) is 18.8 Å². The van der Waals surface area contributed by atoms with Crippen molar-refractivity contribution in [3.8, 4) is 0 Å². The lowest BCUT2D eigenvalue weighted by Gasteiger charge is -2.19. The summed E-state index contributed by atoms with van der Waals surface area (Å²) in [5.74, 6) is -0.248. The van der Waals surface area contributed by atoms with E-state index >= 15 is 0 Å². The molecule has 2 unspecified atom stereocenters. The minimum absolute atomic E-state index is 0.00704. The van der Waals surface area contributed by atoms with Gasteiger partial charge in [-0.05, 0) is 5.56 Å². The Bertz CT molecular complexity index is 441. The first-order chi connectivity index (χ1) is 9.58. The Morgan fingerprint density at radius 1 is 1.30 bits per heavy atom. The number of aliphatic hydroxyl groups excluding tert-OH is 2. The Kier molecular flexibility index (Phi) is 5.08. The number of hydrogen-bond acceptors (Lipinski definition) is 5. The van der Waals surface area contributed by atoms with Crippen molar-refractivity contribution in [2.45, 2.75) is 25.4 Å². The van der Waals surface area contributed by atoms with Gasteiger partial charge in [0.05, 0.1) is 13.2 Å². The highest BCUT2D eigenvalue weighted by Crippen LogP contribution is 2.25. The number of benzene rings is 1. The summed E-state index contributed by atoms with van der Waals surface area (Å²) in [5, 5.41) is 22.2. The van der Waals surface area contributed by atoms with E-state index in [2.05, 4.69) is 5.32 Å². The summed E-state index contributed by atoms with van der Waals surface area (Å²) < 4.78 is 10.7. The zero-order chi connectivity index (χ0) is 14.5. The molecule has 6 heteroatoms. The Morgan fingerprint density at radius 2 is 1.90 bits per heavy atom. The van der Waals surface area contributed by atoms with Crippen molar-refractivity contribution < 1.29 is 24.5 Å². The van der Waals surface area contributed by atoms with Crippen molar-refractivity contribution in [1.82, 2.24) is 5.32 Å². The number of nitrogens with one attached hydrogen (secondary N) is 1. The van der Waals surface area contributed by atoms with Crippen LogP contribution in [0, 0.1) is 0 Å². The molecule has 6 nitrogen and oxygen atoms in total. The number of amides is 1. The summed E-state index contributed by atoms with van der Waals surface area (Å²) in [6.45, 7) is 2.51. The summed E-state index contributed by atoms with van der Waals surface area (Å²) in [5.41, 5.74) is 1.44. The van der Waals surface area contributed by atoms with Crippen LogP contribution in [-0.2, 0) is 14.3 Å². The maximum atomic E-state index is 10.8. The van der Waals surface area contributed by atoms with E-state index in [-0.39, 0.29) is 18.7 Å². The average Bonchev–Trinajstić information content (AvgIpc) is 2.98. The number of carbonyl (C=O) groups excluding carboxylic acids is 1. The highest BCUT2D eigenvalue weighted by atomic mass is 16.7. The first kappa shape index (κ1) is 14.9. The molecule has 3 N–H and O–H groups in total. The van der Waals surface area contributed by atoms with Gasteiger partial charge in [0.2, 0.25) is 5.91 Å². The molecule has 0 aliphatic carbocycles. The third-order valence-corrected chi connectivity index (χ3v) is 3.10. The predicted octanol–water partition coefficient (Wildman–Crippen LogP) is 0.262. The van der Waals surface area contributed by atoms with Crippen LogP contribution in [0.3, 0.4) is 0 Å². The van der Waals surface area contributed by atoms with E-state index < -0.39 is 12.2 Å². The lowest BCUT2D eigenvalue weighted by Crippen LogP contribution is -2.34. The topological polar surface area (TPSA) is 88.0 Å². The minimum atomic E-state index is -1.05. The van der Waals surface area contributed by atoms with Crippen molar-refractivity contribution in [3.05, 3.63) is 35.4 Å². The fraction of sp³-hybridized carbons (Fsp3) is 0.500. The van der Waals surface area contributed by atoms with E-state index in [4.69, 9.17) is 9.47 Å². The number of carbonyl (C=O) groups is 1. The summed E-state index contributed by atoms with van der Waals surface area (Å²) in [4.78, 5) is 10.8. The predicted molar refractivity (Wildman–Crippen MR) is 70.7 cm³/mol. The molecule has 0 spiro atoms. The van der Waals surface area contributed by atoms with Gasteiger partial charge in [0.1, 0.15) is 12.2 Å². The standard InChI is InChI=1S/C14H19NO5/c1-9(16)15-8-12(17)13(18)10-2-4-11(5-3-10)14-19-6-7-20-14/h2-5,12-14,17-18H,6-8H2,1H3,(H,15,16). The van der Waals surface area contributed by atoms with Gasteiger partial charge in [-0.25, -0.2) is 0 Å². The van der Waals surface area contributed by atoms with Crippen LogP contribution in [-0.4, -0.2) is 42.0 Å². The molecule has 1 fully saturated rings. The SMILES string of the molecule is CC(=O)NCC(O)C(O)c1ccc(C2OCCO2)cc1. The van der Waals surface area contributed by atoms with Crippen molar-refractivity contribution in [3.63, 3.8) is 0 Å². The molecule has 20 heavy (non-hydrogen) atoms. The molecule has 1 aromatic carbocycles. The molecular formula is C14H19NO5. The van der Waals surface area contributed by atoms with Crippen molar-refractivity contribution in [2.24, 2.45) is 0 Å². The van der Waals surface area contributed by atoms with Crippen molar-refractivity contribution >= 4 is 5.91 Å². The fourth-order valence-electron chi connectivity index (χ4n) is 1.98. The van der Waals surface area contributed by atoms with Gasteiger partial charge in [-0.3, -0.25) is 4.79 Å². The van der Waals surface area contributed by atoms with E-state index in [9.17, 15) is 15.0 Å². The summed E-state index contributed by atoms with van der Waals surface area (Å²) in [6.07, 6.45) is -2.46. The van der Waals surface area contributed by atoms with Crippen LogP contribution in [0.2, 0.25) is 0 Å². The zero-order valence-electron chi connectivity index (χ0n) is 11.3. The van der Waals surface area contributed by atoms with E-state index in [1.807, 2.05) is 0 Å². The molecule has 110 valence electrons. The van der Waals surface area contributed by atoms with Crippen LogP contribution in [0.5, 0.6) is 0 Å². The van der Waals surface area contributed by atoms with Gasteiger partial charge in [-0.15, -0.1) is 0 Å². The molecule has 0 aromatic heterocycles. The maximum absolute atomic E-state index is 10.8. The second-order valence-corrected chi connectivity index (χ2v) is 4.69. The zero-order valence-corrected chi connectivity index (χ0v) is 11.3. The van der Waals surface area contributed by atoms with E-state index in [1.54, 1.807) is 24.3 Å². The molecule has 2 atom stereocenters. The van der Waals surface area contributed by atoms with Crippen LogP contribution in [0.1, 0.15) is 30.4 Å². The van der Waals surface area contributed by atoms with Gasteiger partial charge in [0, 0.05) is 19.0 Å². The number of ether oxygens (including phenoxy) is 2. The second-order valence-electron chi connectivity index (χ2n) is 4.69. The van der Waals surface area contributed by atoms with Gasteiger partial charge >= 0.3 is 0 Å². The molecule has 1 aliphatic heterocycles. The Balaban J connectivity index is 1.95. The third kappa shape index (κ3) is 3.77. The summed E-state index contributed by atoms with van der Waals surface area (Å²) >= 11 is 0. The first-order valence-corrected chi connectivity index (χ1v) is 6.51. The van der Waals surface area contributed by atoms with Gasteiger partial charge in [0.15, 0.2) is 6.29 Å². The summed E-state index contributed by atoms with van der Waals surface area (Å²) in [6, 6.07) is 7.00. The first-order valence-electron chi connectivity index (χ1n) is 6.51. The Hall–Kier alpha value is -1.47. The summed E-state index contributed by atoms with van der Waals surface area (Å²) in [7, 11) is 0. The molecule has 0 saturated carbocycles. The van der Waals surface area contributed by atoms with Crippen LogP contribution < -0.4 is 5.32 Å². The smallest absolute Gasteiger partial charge is 0.216 e. The minimum Gasteiger partial charge on any atom is -0.388 e. The second kappa shape index (κ2) is 6.81. The molecule has 1 saturated heterocycles. The fourth-order valence-corrected chi connectivity index (χ4v) is 1.98. The van der Waals surface area contributed by atoms with Gasteiger partial charge in [0.25, 0.3) is 0 Å². The van der Waals surface area contributed by atoms with Crippen molar-refractivity contribution in [1.29, 1.82) is 0 Å². The van der Waals surface area contributed by atoms with Crippen LogP contribution in [0.4, 0.5) is 0 Å². The average molecular weight is 281 g/mol. The van der Waals surface area contributed by atoms with Gasteiger partial charge in [-0.1, -0.05) is 24.3 Å². The number of aliphatic hydroxyl groups is 2.